The maximum Gasteiger partial charge on any atom is 0.283 e. The number of benzene rings is 2. The molecule has 3 heterocycles. The Kier molecular flexibility index (Phi) is 4.73. The van der Waals surface area contributed by atoms with Gasteiger partial charge in [0.25, 0.3) is 6.02 Å². The first-order chi connectivity index (χ1) is 15.7. The Hall–Kier alpha value is -3.75. The van der Waals surface area contributed by atoms with Crippen molar-refractivity contribution in [2.75, 3.05) is 13.2 Å². The SMILES string of the molecule is CC(C)(F)COc1cc(F)c2c(c1)[C@]1(COC(N)=N1)c1cc(-c3cccnc3F)ccc1O2. The van der Waals surface area contributed by atoms with E-state index in [-0.39, 0.29) is 36.3 Å². The average molecular weight is 455 g/mol. The van der Waals surface area contributed by atoms with E-state index in [1.807, 2.05) is 0 Å². The fraction of sp³-hybridized carbons (Fsp3) is 0.250. The number of nitrogens with zero attached hydrogens (tertiary/aromatic N) is 2. The summed E-state index contributed by atoms with van der Waals surface area (Å²) in [6.07, 6.45) is 1.36. The second kappa shape index (κ2) is 7.40. The van der Waals surface area contributed by atoms with Crippen LogP contribution in [0.4, 0.5) is 13.2 Å². The zero-order chi connectivity index (χ0) is 23.4. The molecule has 2 N–H and O–H groups in total. The van der Waals surface area contributed by atoms with Gasteiger partial charge in [-0.25, -0.2) is 18.8 Å². The standard InChI is InChI=1S/C24H20F3N3O3/c1-23(2,27)11-31-14-9-17-20(18(25)10-14)33-19-6-5-13(15-4-3-7-29-21(15)26)8-16(19)24(17)12-32-22(28)30-24/h3-10H,11-12H2,1-2H3,(H2,28,30)/t24-/m0/s1. The van der Waals surface area contributed by atoms with Crippen LogP contribution in [0.15, 0.2) is 53.7 Å². The molecule has 1 atom stereocenters. The molecule has 170 valence electrons. The summed E-state index contributed by atoms with van der Waals surface area (Å²) in [7, 11) is 0. The van der Waals surface area contributed by atoms with Crippen LogP contribution >= 0.6 is 0 Å². The molecule has 2 aromatic carbocycles. The van der Waals surface area contributed by atoms with E-state index in [4.69, 9.17) is 19.9 Å². The molecule has 3 aromatic rings. The summed E-state index contributed by atoms with van der Waals surface area (Å²) in [6, 6.07) is 10.8. The molecular formula is C24H20F3N3O3. The smallest absolute Gasteiger partial charge is 0.283 e. The first-order valence-electron chi connectivity index (χ1n) is 10.2. The number of pyridine rings is 1. The fourth-order valence-corrected chi connectivity index (χ4v) is 3.99. The monoisotopic (exact) mass is 455 g/mol. The molecule has 1 aromatic heterocycles. The quantitative estimate of drug-likeness (QED) is 0.569. The largest absolute Gasteiger partial charge is 0.490 e. The molecule has 0 aliphatic carbocycles. The summed E-state index contributed by atoms with van der Waals surface area (Å²) in [5, 5.41) is 0. The topological polar surface area (TPSA) is 79.0 Å². The highest BCUT2D eigenvalue weighted by Gasteiger charge is 2.48. The van der Waals surface area contributed by atoms with Crippen molar-refractivity contribution in [1.82, 2.24) is 4.98 Å². The van der Waals surface area contributed by atoms with Gasteiger partial charge >= 0.3 is 0 Å². The van der Waals surface area contributed by atoms with Crippen LogP contribution in [0.25, 0.3) is 11.1 Å². The van der Waals surface area contributed by atoms with Gasteiger partial charge in [-0.1, -0.05) is 6.07 Å². The summed E-state index contributed by atoms with van der Waals surface area (Å²) >= 11 is 0. The van der Waals surface area contributed by atoms with Gasteiger partial charge in [-0.3, -0.25) is 0 Å². The lowest BCUT2D eigenvalue weighted by Gasteiger charge is -2.34. The molecule has 0 saturated heterocycles. The number of nitrogens with two attached hydrogens (primary N) is 1. The summed E-state index contributed by atoms with van der Waals surface area (Å²) in [5.41, 5.74) is 4.62. The van der Waals surface area contributed by atoms with Crippen LogP contribution in [0.3, 0.4) is 0 Å². The van der Waals surface area contributed by atoms with Crippen molar-refractivity contribution in [2.45, 2.75) is 25.1 Å². The average Bonchev–Trinajstić information content (AvgIpc) is 3.15. The van der Waals surface area contributed by atoms with Gasteiger partial charge < -0.3 is 19.9 Å². The number of fused-ring (bicyclic) bond motifs is 4. The number of rotatable bonds is 4. The third kappa shape index (κ3) is 3.63. The molecule has 5 rings (SSSR count). The fourth-order valence-electron chi connectivity index (χ4n) is 3.99. The highest BCUT2D eigenvalue weighted by Crippen LogP contribution is 2.53. The van der Waals surface area contributed by atoms with E-state index < -0.39 is 23.0 Å². The number of hydrogen-bond donors (Lipinski definition) is 1. The van der Waals surface area contributed by atoms with Crippen molar-refractivity contribution >= 4 is 6.02 Å². The van der Waals surface area contributed by atoms with Crippen molar-refractivity contribution in [3.63, 3.8) is 0 Å². The minimum Gasteiger partial charge on any atom is -0.490 e. The Morgan fingerprint density at radius 2 is 1.97 bits per heavy atom. The Balaban J connectivity index is 1.67. The number of hydrogen-bond acceptors (Lipinski definition) is 6. The minimum atomic E-state index is -1.62. The van der Waals surface area contributed by atoms with E-state index in [1.165, 1.54) is 26.1 Å². The molecule has 0 radical (unpaired) electrons. The van der Waals surface area contributed by atoms with E-state index in [2.05, 4.69) is 9.98 Å². The molecule has 0 unspecified atom stereocenters. The van der Waals surface area contributed by atoms with Crippen LogP contribution < -0.4 is 15.2 Å². The molecule has 0 amide bonds. The molecule has 2 aliphatic heterocycles. The van der Waals surface area contributed by atoms with Gasteiger partial charge in [0.1, 0.15) is 30.4 Å². The van der Waals surface area contributed by atoms with Crippen molar-refractivity contribution in [2.24, 2.45) is 10.7 Å². The number of ether oxygens (including phenoxy) is 3. The number of aliphatic imine (C=N–C) groups is 1. The zero-order valence-corrected chi connectivity index (χ0v) is 17.9. The van der Waals surface area contributed by atoms with E-state index in [9.17, 15) is 8.78 Å². The predicted octanol–water partition coefficient (Wildman–Crippen LogP) is 4.85. The van der Waals surface area contributed by atoms with Crippen LogP contribution in [-0.2, 0) is 10.3 Å². The van der Waals surface area contributed by atoms with Crippen LogP contribution in [0, 0.1) is 11.8 Å². The molecule has 1 spiro atoms. The molecule has 6 nitrogen and oxygen atoms in total. The lowest BCUT2D eigenvalue weighted by atomic mass is 9.80. The van der Waals surface area contributed by atoms with Crippen LogP contribution in [0.2, 0.25) is 0 Å². The van der Waals surface area contributed by atoms with E-state index in [1.54, 1.807) is 30.3 Å². The van der Waals surface area contributed by atoms with Crippen molar-refractivity contribution in [3.8, 4) is 28.4 Å². The van der Waals surface area contributed by atoms with Gasteiger partial charge in [0.2, 0.25) is 5.95 Å². The van der Waals surface area contributed by atoms with Gasteiger partial charge in [0.05, 0.1) is 0 Å². The molecule has 0 bridgehead atoms. The maximum absolute atomic E-state index is 15.1. The third-order valence-corrected chi connectivity index (χ3v) is 5.48. The van der Waals surface area contributed by atoms with E-state index in [0.717, 1.165) is 6.07 Å². The van der Waals surface area contributed by atoms with E-state index >= 15 is 4.39 Å². The number of halogens is 3. The second-order valence-electron chi connectivity index (χ2n) is 8.54. The number of aromatic nitrogens is 1. The molecule has 33 heavy (non-hydrogen) atoms. The first kappa shape index (κ1) is 21.1. The van der Waals surface area contributed by atoms with Gasteiger partial charge in [-0.2, -0.15) is 4.39 Å². The summed E-state index contributed by atoms with van der Waals surface area (Å²) in [4.78, 5) is 8.20. The highest BCUT2D eigenvalue weighted by molar-refractivity contribution is 5.78. The second-order valence-corrected chi connectivity index (χ2v) is 8.54. The third-order valence-electron chi connectivity index (χ3n) is 5.48. The summed E-state index contributed by atoms with van der Waals surface area (Å²) in [6.45, 7) is 2.41. The van der Waals surface area contributed by atoms with Crippen molar-refractivity contribution in [3.05, 3.63) is 71.6 Å². The van der Waals surface area contributed by atoms with Crippen LogP contribution in [-0.4, -0.2) is 29.9 Å². The van der Waals surface area contributed by atoms with E-state index in [0.29, 0.717) is 22.4 Å². The molecular weight excluding hydrogens is 435 g/mol. The Morgan fingerprint density at radius 3 is 2.67 bits per heavy atom. The van der Waals surface area contributed by atoms with Crippen LogP contribution in [0.1, 0.15) is 25.0 Å². The summed E-state index contributed by atoms with van der Waals surface area (Å²) in [5.74, 6) is -0.956. The molecule has 2 aliphatic rings. The maximum atomic E-state index is 15.1. The van der Waals surface area contributed by atoms with Gasteiger partial charge in [-0.05, 0) is 49.7 Å². The molecule has 0 saturated carbocycles. The summed E-state index contributed by atoms with van der Waals surface area (Å²) < 4.78 is 60.3. The van der Waals surface area contributed by atoms with Crippen molar-refractivity contribution in [1.29, 1.82) is 0 Å². The Labute approximate surface area is 187 Å². The Morgan fingerprint density at radius 1 is 1.15 bits per heavy atom. The normalized spacial score (nSPS) is 18.8. The van der Waals surface area contributed by atoms with Gasteiger partial charge in [-0.15, -0.1) is 0 Å². The number of alkyl halides is 1. The van der Waals surface area contributed by atoms with Crippen LogP contribution in [0.5, 0.6) is 17.2 Å². The minimum absolute atomic E-state index is 0.0291. The lowest BCUT2D eigenvalue weighted by Crippen LogP contribution is -2.31. The first-order valence-corrected chi connectivity index (χ1v) is 10.2. The molecule has 9 heteroatoms. The van der Waals surface area contributed by atoms with Gasteiger partial charge in [0, 0.05) is 29.0 Å². The lowest BCUT2D eigenvalue weighted by molar-refractivity contribution is 0.120. The Bertz CT molecular complexity index is 1290. The molecule has 0 fully saturated rings. The highest BCUT2D eigenvalue weighted by atomic mass is 19.1. The predicted molar refractivity (Wildman–Crippen MR) is 115 cm³/mol. The zero-order valence-electron chi connectivity index (χ0n) is 17.9. The van der Waals surface area contributed by atoms with Gasteiger partial charge in [0.15, 0.2) is 17.1 Å². The van der Waals surface area contributed by atoms with Crippen molar-refractivity contribution < 1.29 is 27.4 Å². The number of amidine groups is 1.